The highest BCUT2D eigenvalue weighted by Gasteiger charge is 2.45. The number of nitrogens with one attached hydrogen (secondary N) is 1. The van der Waals surface area contributed by atoms with Crippen molar-refractivity contribution in [2.75, 3.05) is 13.2 Å². The second kappa shape index (κ2) is 9.50. The Hall–Kier alpha value is -1.97. The molecule has 0 unspecified atom stereocenters. The third-order valence-electron chi connectivity index (χ3n) is 3.76. The number of hydrogen-bond acceptors (Lipinski definition) is 7. The van der Waals surface area contributed by atoms with Gasteiger partial charge in [-0.1, -0.05) is 36.4 Å². The van der Waals surface area contributed by atoms with Crippen molar-refractivity contribution >= 4 is 6.09 Å². The van der Waals surface area contributed by atoms with E-state index >= 15 is 0 Å². The third-order valence-corrected chi connectivity index (χ3v) is 3.76. The molecule has 1 aliphatic rings. The second-order valence-corrected chi connectivity index (χ2v) is 5.56. The Morgan fingerprint density at radius 3 is 2.64 bits per heavy atom. The third kappa shape index (κ3) is 5.25. The van der Waals surface area contributed by atoms with E-state index in [1.54, 1.807) is 12.1 Å². The molecule has 0 aliphatic carbocycles. The van der Waals surface area contributed by atoms with E-state index in [-0.39, 0.29) is 13.2 Å². The van der Waals surface area contributed by atoms with Gasteiger partial charge in [0.25, 0.3) is 0 Å². The van der Waals surface area contributed by atoms with E-state index in [9.17, 15) is 20.1 Å². The molecule has 1 aromatic rings. The predicted molar refractivity (Wildman–Crippen MR) is 87.5 cm³/mol. The van der Waals surface area contributed by atoms with Crippen LogP contribution in [-0.4, -0.2) is 65.3 Å². The Labute approximate surface area is 145 Å². The Bertz CT molecular complexity index is 553. The number of aliphatic hydroxyl groups is 3. The van der Waals surface area contributed by atoms with Crippen molar-refractivity contribution in [1.82, 2.24) is 5.32 Å². The van der Waals surface area contributed by atoms with Gasteiger partial charge >= 0.3 is 6.09 Å². The minimum absolute atomic E-state index is 0.0519. The summed E-state index contributed by atoms with van der Waals surface area (Å²) in [6, 6.07) is 8.02. The standard InChI is InChI=1S/C17H23NO7/c1-2-8-23-16-13(15(21)14(20)12(9-19)25-16)18-17(22)24-10-11-6-4-3-5-7-11/h2-7,12-16,19-21H,1,8-10H2,(H,18,22)/t12-,13-,14-,15-,16+/m1/s1. The van der Waals surface area contributed by atoms with Crippen LogP contribution < -0.4 is 5.32 Å². The summed E-state index contributed by atoms with van der Waals surface area (Å²) < 4.78 is 15.9. The lowest BCUT2D eigenvalue weighted by atomic mass is 9.97. The maximum Gasteiger partial charge on any atom is 0.407 e. The molecular weight excluding hydrogens is 330 g/mol. The highest BCUT2D eigenvalue weighted by molar-refractivity contribution is 5.67. The van der Waals surface area contributed by atoms with Gasteiger partial charge in [-0.25, -0.2) is 4.79 Å². The van der Waals surface area contributed by atoms with Crippen molar-refractivity contribution in [3.8, 4) is 0 Å². The summed E-state index contributed by atoms with van der Waals surface area (Å²) >= 11 is 0. The zero-order chi connectivity index (χ0) is 18.2. The molecule has 1 heterocycles. The highest BCUT2D eigenvalue weighted by Crippen LogP contribution is 2.22. The fourth-order valence-electron chi connectivity index (χ4n) is 2.44. The van der Waals surface area contributed by atoms with Crippen LogP contribution in [0.2, 0.25) is 0 Å². The topological polar surface area (TPSA) is 117 Å². The van der Waals surface area contributed by atoms with Crippen LogP contribution in [-0.2, 0) is 20.8 Å². The summed E-state index contributed by atoms with van der Waals surface area (Å²) in [4.78, 5) is 12.0. The zero-order valence-electron chi connectivity index (χ0n) is 13.7. The molecule has 8 heteroatoms. The van der Waals surface area contributed by atoms with Crippen molar-refractivity contribution in [3.05, 3.63) is 48.6 Å². The van der Waals surface area contributed by atoms with Crippen LogP contribution in [0.4, 0.5) is 4.79 Å². The van der Waals surface area contributed by atoms with E-state index in [1.165, 1.54) is 6.08 Å². The number of rotatable bonds is 7. The van der Waals surface area contributed by atoms with Gasteiger partial charge in [0.2, 0.25) is 0 Å². The molecule has 0 radical (unpaired) electrons. The molecule has 5 atom stereocenters. The Balaban J connectivity index is 1.97. The highest BCUT2D eigenvalue weighted by atomic mass is 16.7. The molecular formula is C17H23NO7. The van der Waals surface area contributed by atoms with Crippen molar-refractivity contribution in [2.24, 2.45) is 0 Å². The van der Waals surface area contributed by atoms with Crippen molar-refractivity contribution in [1.29, 1.82) is 0 Å². The van der Waals surface area contributed by atoms with E-state index in [2.05, 4.69) is 11.9 Å². The van der Waals surface area contributed by atoms with Crippen LogP contribution in [0.3, 0.4) is 0 Å². The number of alkyl carbamates (subject to hydrolysis) is 1. The van der Waals surface area contributed by atoms with Crippen LogP contribution in [0.5, 0.6) is 0 Å². The van der Waals surface area contributed by atoms with Gasteiger partial charge < -0.3 is 34.8 Å². The van der Waals surface area contributed by atoms with Gasteiger partial charge in [-0.3, -0.25) is 0 Å². The normalized spacial score (nSPS) is 29.0. The fourth-order valence-corrected chi connectivity index (χ4v) is 2.44. The molecule has 1 saturated heterocycles. The van der Waals surface area contributed by atoms with E-state index in [0.717, 1.165) is 5.56 Å². The minimum Gasteiger partial charge on any atom is -0.445 e. The van der Waals surface area contributed by atoms with Gasteiger partial charge in [-0.15, -0.1) is 6.58 Å². The Morgan fingerprint density at radius 2 is 2.00 bits per heavy atom. The quantitative estimate of drug-likeness (QED) is 0.507. The lowest BCUT2D eigenvalue weighted by molar-refractivity contribution is -0.266. The second-order valence-electron chi connectivity index (χ2n) is 5.56. The van der Waals surface area contributed by atoms with Gasteiger partial charge in [0.05, 0.1) is 13.2 Å². The van der Waals surface area contributed by atoms with Crippen LogP contribution in [0.25, 0.3) is 0 Å². The van der Waals surface area contributed by atoms with Gasteiger partial charge in [0.15, 0.2) is 6.29 Å². The van der Waals surface area contributed by atoms with Gasteiger partial charge in [-0.2, -0.15) is 0 Å². The van der Waals surface area contributed by atoms with E-state index in [1.807, 2.05) is 18.2 Å². The summed E-state index contributed by atoms with van der Waals surface area (Å²) in [7, 11) is 0. The molecule has 2 rings (SSSR count). The number of ether oxygens (including phenoxy) is 3. The van der Waals surface area contributed by atoms with Crippen LogP contribution in [0, 0.1) is 0 Å². The Kier molecular flexibility index (Phi) is 7.35. The molecule has 25 heavy (non-hydrogen) atoms. The molecule has 1 amide bonds. The van der Waals surface area contributed by atoms with Crippen molar-refractivity contribution in [2.45, 2.75) is 37.3 Å². The zero-order valence-corrected chi connectivity index (χ0v) is 13.7. The van der Waals surface area contributed by atoms with Crippen LogP contribution in [0.1, 0.15) is 5.56 Å². The summed E-state index contributed by atoms with van der Waals surface area (Å²) in [6.07, 6.45) is -4.20. The maximum absolute atomic E-state index is 12.0. The first-order chi connectivity index (χ1) is 12.1. The largest absolute Gasteiger partial charge is 0.445 e. The molecule has 4 N–H and O–H groups in total. The Morgan fingerprint density at radius 1 is 1.28 bits per heavy atom. The average Bonchev–Trinajstić information content (AvgIpc) is 2.64. The SMILES string of the molecule is C=CCO[C@H]1O[C@H](CO)[C@@H](O)[C@H](O)[C@H]1NC(=O)OCc1ccccc1. The first kappa shape index (κ1) is 19.4. The molecule has 1 aromatic carbocycles. The lowest BCUT2D eigenvalue weighted by Gasteiger charge is -2.41. The molecule has 0 aromatic heterocycles. The number of hydrogen-bond donors (Lipinski definition) is 4. The molecule has 8 nitrogen and oxygen atoms in total. The smallest absolute Gasteiger partial charge is 0.407 e. The predicted octanol–water partition coefficient (Wildman–Crippen LogP) is -0.0770. The molecule has 0 spiro atoms. The summed E-state index contributed by atoms with van der Waals surface area (Å²) in [6.45, 7) is 3.16. The lowest BCUT2D eigenvalue weighted by Crippen LogP contribution is -2.64. The van der Waals surface area contributed by atoms with Gasteiger partial charge in [0, 0.05) is 0 Å². The van der Waals surface area contributed by atoms with E-state index in [0.29, 0.717) is 0 Å². The first-order valence-corrected chi connectivity index (χ1v) is 7.89. The van der Waals surface area contributed by atoms with Gasteiger partial charge in [-0.05, 0) is 5.56 Å². The summed E-state index contributed by atoms with van der Waals surface area (Å²) in [5.74, 6) is 0. The van der Waals surface area contributed by atoms with Crippen LogP contribution in [0.15, 0.2) is 43.0 Å². The molecule has 1 aliphatic heterocycles. The molecule has 138 valence electrons. The number of carbonyl (C=O) groups excluding carboxylic acids is 1. The number of aliphatic hydroxyl groups excluding tert-OH is 3. The van der Waals surface area contributed by atoms with E-state index < -0.39 is 43.3 Å². The monoisotopic (exact) mass is 353 g/mol. The molecule has 0 saturated carbocycles. The fraction of sp³-hybridized carbons (Fsp3) is 0.471. The maximum atomic E-state index is 12.0. The summed E-state index contributed by atoms with van der Waals surface area (Å²) in [5.41, 5.74) is 0.804. The summed E-state index contributed by atoms with van der Waals surface area (Å²) in [5, 5.41) is 31.8. The van der Waals surface area contributed by atoms with Crippen LogP contribution >= 0.6 is 0 Å². The first-order valence-electron chi connectivity index (χ1n) is 7.89. The van der Waals surface area contributed by atoms with Gasteiger partial charge in [0.1, 0.15) is 31.0 Å². The molecule has 0 bridgehead atoms. The number of benzene rings is 1. The molecule has 1 fully saturated rings. The van der Waals surface area contributed by atoms with Crippen molar-refractivity contribution < 1.29 is 34.3 Å². The minimum atomic E-state index is -1.40. The number of carbonyl (C=O) groups is 1. The van der Waals surface area contributed by atoms with Crippen molar-refractivity contribution in [3.63, 3.8) is 0 Å². The number of amides is 1. The van der Waals surface area contributed by atoms with E-state index in [4.69, 9.17) is 14.2 Å². The average molecular weight is 353 g/mol.